The summed E-state index contributed by atoms with van der Waals surface area (Å²) in [6, 6.07) is 4.69. The molecule has 3 aromatic rings. The summed E-state index contributed by atoms with van der Waals surface area (Å²) in [7, 11) is -4.35. The topological polar surface area (TPSA) is 72.0 Å². The van der Waals surface area contributed by atoms with Gasteiger partial charge in [0.05, 0.1) is 11.4 Å². The molecule has 0 amide bonds. The van der Waals surface area contributed by atoms with E-state index in [0.29, 0.717) is 18.4 Å². The lowest BCUT2D eigenvalue weighted by molar-refractivity contribution is -0.274. The second kappa shape index (κ2) is 7.76. The van der Waals surface area contributed by atoms with Gasteiger partial charge in [-0.05, 0) is 24.3 Å². The van der Waals surface area contributed by atoms with Crippen molar-refractivity contribution in [3.63, 3.8) is 0 Å². The molecule has 0 radical (unpaired) electrons. The molecule has 0 aliphatic heterocycles. The Labute approximate surface area is 174 Å². The highest BCUT2D eigenvalue weighted by atomic mass is 32.2. The van der Waals surface area contributed by atoms with Crippen LogP contribution in [0.15, 0.2) is 41.3 Å². The van der Waals surface area contributed by atoms with E-state index in [9.17, 15) is 43.5 Å². The minimum atomic E-state index is -5.08. The number of halogens is 8. The molecule has 0 saturated carbocycles. The zero-order valence-electron chi connectivity index (χ0n) is 15.6. The standard InChI is InChI=1S/C18H10F8N2O3S/c1-32(29,30)15-11(19)6-9(7-12(15)20)14-13(27-16(28-14)17(21,22)23)8-3-2-4-10(5-8)31-18(24,25)26/h2-7H,1H3,(H,27,28). The number of hydrogen-bond donors (Lipinski definition) is 1. The third-order valence-corrected chi connectivity index (χ3v) is 5.10. The molecule has 32 heavy (non-hydrogen) atoms. The molecular weight excluding hydrogens is 476 g/mol. The number of hydrogen-bond acceptors (Lipinski definition) is 4. The van der Waals surface area contributed by atoms with Crippen LogP contribution in [0, 0.1) is 11.6 Å². The van der Waals surface area contributed by atoms with E-state index in [0.717, 1.165) is 24.3 Å². The fourth-order valence-electron chi connectivity index (χ4n) is 2.82. The van der Waals surface area contributed by atoms with Gasteiger partial charge in [0.1, 0.15) is 22.3 Å². The van der Waals surface area contributed by atoms with E-state index < -0.39 is 67.4 Å². The lowest BCUT2D eigenvalue weighted by Gasteiger charge is -2.11. The second-order valence-electron chi connectivity index (χ2n) is 6.42. The highest BCUT2D eigenvalue weighted by molar-refractivity contribution is 7.90. The largest absolute Gasteiger partial charge is 0.573 e. The number of benzene rings is 2. The van der Waals surface area contributed by atoms with Crippen LogP contribution in [-0.4, -0.2) is 31.0 Å². The predicted octanol–water partition coefficient (Wildman–Crippen LogP) is 5.34. The predicted molar refractivity (Wildman–Crippen MR) is 94.2 cm³/mol. The number of alkyl halides is 6. The highest BCUT2D eigenvalue weighted by Gasteiger charge is 2.37. The monoisotopic (exact) mass is 486 g/mol. The molecule has 2 aromatic carbocycles. The SMILES string of the molecule is CS(=O)(=O)c1c(F)cc(-c2nc(C(F)(F)F)[nH]c2-c2cccc(OC(F)(F)F)c2)cc1F. The van der Waals surface area contributed by atoms with Crippen LogP contribution in [0.25, 0.3) is 22.5 Å². The summed E-state index contributed by atoms with van der Waals surface area (Å²) in [5, 5.41) is 0. The zero-order chi connectivity index (χ0) is 24.1. The average molecular weight is 486 g/mol. The van der Waals surface area contributed by atoms with E-state index in [1.807, 2.05) is 4.98 Å². The zero-order valence-corrected chi connectivity index (χ0v) is 16.4. The van der Waals surface area contributed by atoms with Crippen molar-refractivity contribution in [1.29, 1.82) is 0 Å². The van der Waals surface area contributed by atoms with Crippen molar-refractivity contribution in [3.05, 3.63) is 53.9 Å². The van der Waals surface area contributed by atoms with Crippen LogP contribution in [0.4, 0.5) is 35.1 Å². The van der Waals surface area contributed by atoms with Crippen LogP contribution in [0.2, 0.25) is 0 Å². The van der Waals surface area contributed by atoms with Crippen molar-refractivity contribution in [2.24, 2.45) is 0 Å². The Morgan fingerprint density at radius 3 is 2.03 bits per heavy atom. The minimum absolute atomic E-state index is 0.280. The quantitative estimate of drug-likeness (QED) is 0.506. The summed E-state index contributed by atoms with van der Waals surface area (Å²) in [5.74, 6) is -5.54. The minimum Gasteiger partial charge on any atom is -0.406 e. The van der Waals surface area contributed by atoms with Gasteiger partial charge < -0.3 is 9.72 Å². The molecule has 5 nitrogen and oxygen atoms in total. The van der Waals surface area contributed by atoms with Gasteiger partial charge in [-0.2, -0.15) is 13.2 Å². The van der Waals surface area contributed by atoms with Gasteiger partial charge in [0, 0.05) is 17.4 Å². The Morgan fingerprint density at radius 1 is 0.938 bits per heavy atom. The van der Waals surface area contributed by atoms with Gasteiger partial charge in [0.2, 0.25) is 5.82 Å². The third kappa shape index (κ3) is 5.00. The van der Waals surface area contributed by atoms with Crippen molar-refractivity contribution in [2.75, 3.05) is 6.26 Å². The second-order valence-corrected chi connectivity index (χ2v) is 8.38. The summed E-state index contributed by atoms with van der Waals surface area (Å²) in [6.07, 6.45) is -9.60. The lowest BCUT2D eigenvalue weighted by Crippen LogP contribution is -2.17. The number of nitrogens with zero attached hydrogens (tertiary/aromatic N) is 1. The first-order valence-corrected chi connectivity index (χ1v) is 10.2. The van der Waals surface area contributed by atoms with Crippen molar-refractivity contribution < 1.29 is 48.3 Å². The van der Waals surface area contributed by atoms with Crippen molar-refractivity contribution in [2.45, 2.75) is 17.4 Å². The Balaban J connectivity index is 2.23. The maximum atomic E-state index is 14.3. The summed E-state index contributed by atoms with van der Waals surface area (Å²) in [5.41, 5.74) is -2.08. The van der Waals surface area contributed by atoms with Gasteiger partial charge in [-0.25, -0.2) is 22.2 Å². The lowest BCUT2D eigenvalue weighted by atomic mass is 10.0. The Hall–Kier alpha value is -3.16. The summed E-state index contributed by atoms with van der Waals surface area (Å²) in [6.45, 7) is 0. The van der Waals surface area contributed by atoms with Gasteiger partial charge in [-0.15, -0.1) is 13.2 Å². The molecular formula is C18H10F8N2O3S. The van der Waals surface area contributed by atoms with Crippen LogP contribution in [0.5, 0.6) is 5.75 Å². The number of nitrogens with one attached hydrogen (secondary N) is 1. The maximum Gasteiger partial charge on any atom is 0.573 e. The van der Waals surface area contributed by atoms with Gasteiger partial charge in [0.25, 0.3) is 0 Å². The molecule has 0 atom stereocenters. The Kier molecular flexibility index (Phi) is 5.70. The third-order valence-electron chi connectivity index (χ3n) is 3.97. The molecule has 0 saturated heterocycles. The first kappa shape index (κ1) is 23.5. The van der Waals surface area contributed by atoms with Crippen LogP contribution >= 0.6 is 0 Å². The molecule has 0 aliphatic rings. The summed E-state index contributed by atoms with van der Waals surface area (Å²) in [4.78, 5) is 3.86. The number of ether oxygens (including phenoxy) is 1. The molecule has 0 aliphatic carbocycles. The van der Waals surface area contributed by atoms with Crippen molar-refractivity contribution in [3.8, 4) is 28.3 Å². The first-order chi connectivity index (χ1) is 14.6. The maximum absolute atomic E-state index is 14.3. The Morgan fingerprint density at radius 2 is 1.53 bits per heavy atom. The van der Waals surface area contributed by atoms with E-state index in [1.54, 1.807) is 0 Å². The molecule has 14 heteroatoms. The number of aromatic nitrogens is 2. The number of sulfone groups is 1. The van der Waals surface area contributed by atoms with Crippen LogP contribution in [-0.2, 0) is 16.0 Å². The fourth-order valence-corrected chi connectivity index (χ4v) is 3.65. The van der Waals surface area contributed by atoms with Gasteiger partial charge in [-0.1, -0.05) is 12.1 Å². The van der Waals surface area contributed by atoms with E-state index in [2.05, 4.69) is 9.72 Å². The van der Waals surface area contributed by atoms with E-state index in [4.69, 9.17) is 0 Å². The number of imidazole rings is 1. The number of H-pyrrole nitrogens is 1. The fraction of sp³-hybridized carbons (Fsp3) is 0.167. The smallest absolute Gasteiger partial charge is 0.406 e. The van der Waals surface area contributed by atoms with Crippen LogP contribution < -0.4 is 4.74 Å². The van der Waals surface area contributed by atoms with Gasteiger partial charge in [-0.3, -0.25) is 0 Å². The summed E-state index contributed by atoms with van der Waals surface area (Å²) >= 11 is 0. The molecule has 0 bridgehead atoms. The average Bonchev–Trinajstić information content (AvgIpc) is 3.04. The normalized spacial score (nSPS) is 12.8. The molecule has 172 valence electrons. The highest BCUT2D eigenvalue weighted by Crippen LogP contribution is 2.38. The molecule has 0 spiro atoms. The molecule has 3 rings (SSSR count). The van der Waals surface area contributed by atoms with Crippen molar-refractivity contribution >= 4 is 9.84 Å². The van der Waals surface area contributed by atoms with Crippen LogP contribution in [0.1, 0.15) is 5.82 Å². The number of aromatic amines is 1. The van der Waals surface area contributed by atoms with Gasteiger partial charge in [0.15, 0.2) is 9.84 Å². The van der Waals surface area contributed by atoms with Gasteiger partial charge >= 0.3 is 12.5 Å². The van der Waals surface area contributed by atoms with Crippen molar-refractivity contribution in [1.82, 2.24) is 9.97 Å². The first-order valence-electron chi connectivity index (χ1n) is 8.29. The summed E-state index contributed by atoms with van der Waals surface area (Å²) < 4.78 is 132. The molecule has 1 heterocycles. The molecule has 1 N–H and O–H groups in total. The molecule has 0 unspecified atom stereocenters. The number of rotatable bonds is 4. The van der Waals surface area contributed by atoms with E-state index in [1.165, 1.54) is 0 Å². The van der Waals surface area contributed by atoms with E-state index in [-0.39, 0.29) is 5.56 Å². The molecule has 1 aromatic heterocycles. The van der Waals surface area contributed by atoms with E-state index >= 15 is 0 Å². The Bertz CT molecular complexity index is 1260. The van der Waals surface area contributed by atoms with Crippen LogP contribution in [0.3, 0.4) is 0 Å². The molecule has 0 fully saturated rings.